The molecule has 0 fully saturated rings. The third kappa shape index (κ3) is 3.93. The number of ether oxygens (including phenoxy) is 1. The molecule has 3 heteroatoms. The van der Waals surface area contributed by atoms with E-state index in [-0.39, 0.29) is 0 Å². The molecule has 3 nitrogen and oxygen atoms in total. The molecule has 0 aliphatic carbocycles. The van der Waals surface area contributed by atoms with E-state index in [4.69, 9.17) is 4.74 Å². The molecule has 1 rings (SSSR count). The molecule has 0 heterocycles. The van der Waals surface area contributed by atoms with E-state index >= 15 is 0 Å². The van der Waals surface area contributed by atoms with Crippen molar-refractivity contribution in [3.8, 4) is 5.75 Å². The van der Waals surface area contributed by atoms with Gasteiger partial charge in [-0.2, -0.15) is 0 Å². The van der Waals surface area contributed by atoms with E-state index in [1.165, 1.54) is 11.3 Å². The van der Waals surface area contributed by atoms with Crippen molar-refractivity contribution in [1.82, 2.24) is 5.32 Å². The second kappa shape index (κ2) is 7.17. The zero-order valence-electron chi connectivity index (χ0n) is 11.4. The Morgan fingerprint density at radius 1 is 1.35 bits per heavy atom. The number of nitrogens with one attached hydrogen (secondary N) is 1. The standard InChI is InChI=1S/C14H24N2O/c1-5-12-11-13(7-8-14(12)17-4)16(3)10-6-9-15-2/h7-8,11,15H,5-6,9-10H2,1-4H3. The second-order valence-electron chi connectivity index (χ2n) is 4.23. The maximum Gasteiger partial charge on any atom is 0.122 e. The lowest BCUT2D eigenvalue weighted by atomic mass is 10.1. The highest BCUT2D eigenvalue weighted by Crippen LogP contribution is 2.24. The van der Waals surface area contributed by atoms with Gasteiger partial charge in [-0.15, -0.1) is 0 Å². The van der Waals surface area contributed by atoms with Gasteiger partial charge in [-0.3, -0.25) is 0 Å². The summed E-state index contributed by atoms with van der Waals surface area (Å²) in [6.45, 7) is 4.28. The van der Waals surface area contributed by atoms with Crippen LogP contribution in [0.1, 0.15) is 18.9 Å². The summed E-state index contributed by atoms with van der Waals surface area (Å²) in [7, 11) is 5.85. The van der Waals surface area contributed by atoms with Gasteiger partial charge in [0.2, 0.25) is 0 Å². The minimum Gasteiger partial charge on any atom is -0.496 e. The minimum atomic E-state index is 0.986. The lowest BCUT2D eigenvalue weighted by Gasteiger charge is -2.20. The van der Waals surface area contributed by atoms with E-state index in [1.807, 2.05) is 7.05 Å². The van der Waals surface area contributed by atoms with Crippen LogP contribution in [0.2, 0.25) is 0 Å². The summed E-state index contributed by atoms with van der Waals surface area (Å²) in [5.74, 6) is 0.986. The molecule has 0 radical (unpaired) electrons. The van der Waals surface area contributed by atoms with Crippen molar-refractivity contribution >= 4 is 5.69 Å². The maximum absolute atomic E-state index is 5.34. The first-order valence-electron chi connectivity index (χ1n) is 6.25. The zero-order chi connectivity index (χ0) is 12.7. The van der Waals surface area contributed by atoms with E-state index in [0.29, 0.717) is 0 Å². The molecule has 0 saturated heterocycles. The fourth-order valence-electron chi connectivity index (χ4n) is 1.90. The fourth-order valence-corrected chi connectivity index (χ4v) is 1.90. The zero-order valence-corrected chi connectivity index (χ0v) is 11.4. The van der Waals surface area contributed by atoms with Gasteiger partial charge in [-0.25, -0.2) is 0 Å². The number of hydrogen-bond donors (Lipinski definition) is 1. The lowest BCUT2D eigenvalue weighted by molar-refractivity contribution is 0.410. The first-order valence-corrected chi connectivity index (χ1v) is 6.25. The normalized spacial score (nSPS) is 10.4. The first-order chi connectivity index (χ1) is 8.22. The Labute approximate surface area is 105 Å². The van der Waals surface area contributed by atoms with Crippen LogP contribution in [0, 0.1) is 0 Å². The quantitative estimate of drug-likeness (QED) is 0.735. The molecule has 1 aromatic carbocycles. The van der Waals surface area contributed by atoms with Gasteiger partial charge in [-0.05, 0) is 50.2 Å². The summed E-state index contributed by atoms with van der Waals surface area (Å²) < 4.78 is 5.34. The predicted octanol–water partition coefficient (Wildman–Crippen LogP) is 2.30. The highest BCUT2D eigenvalue weighted by Gasteiger charge is 2.05. The van der Waals surface area contributed by atoms with Crippen LogP contribution in [0.4, 0.5) is 5.69 Å². The summed E-state index contributed by atoms with van der Waals surface area (Å²) >= 11 is 0. The van der Waals surface area contributed by atoms with Crippen molar-refractivity contribution in [3.63, 3.8) is 0 Å². The fraction of sp³-hybridized carbons (Fsp3) is 0.571. The van der Waals surface area contributed by atoms with Crippen LogP contribution < -0.4 is 15.0 Å². The van der Waals surface area contributed by atoms with Crippen LogP contribution in [-0.2, 0) is 6.42 Å². The predicted molar refractivity (Wildman–Crippen MR) is 74.2 cm³/mol. The molecule has 0 aromatic heterocycles. The monoisotopic (exact) mass is 236 g/mol. The SMILES string of the molecule is CCc1cc(N(C)CCCNC)ccc1OC. The Bertz CT molecular complexity index is 339. The van der Waals surface area contributed by atoms with Crippen molar-refractivity contribution in [2.45, 2.75) is 19.8 Å². The first kappa shape index (κ1) is 13.8. The third-order valence-electron chi connectivity index (χ3n) is 3.01. The summed E-state index contributed by atoms with van der Waals surface area (Å²) in [4.78, 5) is 2.29. The van der Waals surface area contributed by atoms with Crippen molar-refractivity contribution in [2.75, 3.05) is 39.2 Å². The molecule has 0 amide bonds. The van der Waals surface area contributed by atoms with Crippen LogP contribution in [0.15, 0.2) is 18.2 Å². The maximum atomic E-state index is 5.34. The molecule has 1 N–H and O–H groups in total. The molecule has 0 spiro atoms. The van der Waals surface area contributed by atoms with Gasteiger partial charge in [0.15, 0.2) is 0 Å². The number of rotatable bonds is 7. The van der Waals surface area contributed by atoms with E-state index < -0.39 is 0 Å². The Morgan fingerprint density at radius 2 is 2.12 bits per heavy atom. The number of hydrogen-bond acceptors (Lipinski definition) is 3. The number of aryl methyl sites for hydroxylation is 1. The smallest absolute Gasteiger partial charge is 0.122 e. The molecule has 0 aliphatic heterocycles. The van der Waals surface area contributed by atoms with E-state index in [1.54, 1.807) is 7.11 Å². The van der Waals surface area contributed by atoms with Crippen LogP contribution in [0.25, 0.3) is 0 Å². The number of anilines is 1. The number of benzene rings is 1. The van der Waals surface area contributed by atoms with Crippen molar-refractivity contribution < 1.29 is 4.74 Å². The Morgan fingerprint density at radius 3 is 2.71 bits per heavy atom. The van der Waals surface area contributed by atoms with Gasteiger partial charge < -0.3 is 15.0 Å². The van der Waals surface area contributed by atoms with E-state index in [9.17, 15) is 0 Å². The Kier molecular flexibility index (Phi) is 5.84. The van der Waals surface area contributed by atoms with Crippen molar-refractivity contribution in [3.05, 3.63) is 23.8 Å². The van der Waals surface area contributed by atoms with Crippen molar-refractivity contribution in [2.24, 2.45) is 0 Å². The largest absolute Gasteiger partial charge is 0.496 e. The summed E-state index contributed by atoms with van der Waals surface area (Å²) in [6.07, 6.45) is 2.15. The average molecular weight is 236 g/mol. The Balaban J connectivity index is 2.70. The molecule has 0 saturated carbocycles. The van der Waals surface area contributed by atoms with Gasteiger partial charge in [0.25, 0.3) is 0 Å². The van der Waals surface area contributed by atoms with Gasteiger partial charge in [-0.1, -0.05) is 6.92 Å². The molecule has 0 unspecified atom stereocenters. The van der Waals surface area contributed by atoms with Crippen molar-refractivity contribution in [1.29, 1.82) is 0 Å². The third-order valence-corrected chi connectivity index (χ3v) is 3.01. The highest BCUT2D eigenvalue weighted by atomic mass is 16.5. The molecular formula is C14H24N2O. The number of methoxy groups -OCH3 is 1. The molecule has 17 heavy (non-hydrogen) atoms. The highest BCUT2D eigenvalue weighted by molar-refractivity contribution is 5.52. The number of nitrogens with zero attached hydrogens (tertiary/aromatic N) is 1. The molecule has 0 atom stereocenters. The molecule has 0 aliphatic rings. The second-order valence-corrected chi connectivity index (χ2v) is 4.23. The molecule has 0 bridgehead atoms. The van der Waals surface area contributed by atoms with Crippen LogP contribution >= 0.6 is 0 Å². The summed E-state index contributed by atoms with van der Waals surface area (Å²) in [6, 6.07) is 6.40. The van der Waals surface area contributed by atoms with Gasteiger partial charge >= 0.3 is 0 Å². The summed E-state index contributed by atoms with van der Waals surface area (Å²) in [5, 5.41) is 3.17. The molecular weight excluding hydrogens is 212 g/mol. The molecule has 96 valence electrons. The van der Waals surface area contributed by atoms with Gasteiger partial charge in [0, 0.05) is 19.3 Å². The minimum absolute atomic E-state index is 0.986. The Hall–Kier alpha value is -1.22. The average Bonchev–Trinajstić information content (AvgIpc) is 2.38. The molecule has 1 aromatic rings. The van der Waals surface area contributed by atoms with E-state index in [2.05, 4.69) is 42.4 Å². The van der Waals surface area contributed by atoms with Crippen LogP contribution in [0.3, 0.4) is 0 Å². The van der Waals surface area contributed by atoms with Crippen LogP contribution in [0.5, 0.6) is 5.75 Å². The summed E-state index contributed by atoms with van der Waals surface area (Å²) in [5.41, 5.74) is 2.53. The topological polar surface area (TPSA) is 24.5 Å². The van der Waals surface area contributed by atoms with Crippen LogP contribution in [-0.4, -0.2) is 34.3 Å². The van der Waals surface area contributed by atoms with E-state index in [0.717, 1.165) is 31.7 Å². The van der Waals surface area contributed by atoms with Gasteiger partial charge in [0.1, 0.15) is 5.75 Å². The lowest BCUT2D eigenvalue weighted by Crippen LogP contribution is -2.22. The van der Waals surface area contributed by atoms with Gasteiger partial charge in [0.05, 0.1) is 7.11 Å².